The summed E-state index contributed by atoms with van der Waals surface area (Å²) in [5.41, 5.74) is 2.93. The van der Waals surface area contributed by atoms with E-state index < -0.39 is 9.84 Å². The lowest BCUT2D eigenvalue weighted by atomic mass is 10.0. The minimum absolute atomic E-state index is 0.384. The average molecular weight is 287 g/mol. The van der Waals surface area contributed by atoms with E-state index >= 15 is 0 Å². The molecule has 1 aliphatic heterocycles. The predicted molar refractivity (Wildman–Crippen MR) is 79.9 cm³/mol. The second kappa shape index (κ2) is 4.94. The number of aryl methyl sites for hydroxylation is 2. The van der Waals surface area contributed by atoms with Crippen LogP contribution in [0.3, 0.4) is 0 Å². The monoisotopic (exact) mass is 287 g/mol. The molecule has 0 saturated carbocycles. The maximum atomic E-state index is 12.7. The van der Waals surface area contributed by atoms with Gasteiger partial charge in [-0.3, -0.25) is 0 Å². The summed E-state index contributed by atoms with van der Waals surface area (Å²) in [5, 5.41) is 3.30. The predicted octanol–water partition coefficient (Wildman–Crippen LogP) is 3.19. The summed E-state index contributed by atoms with van der Waals surface area (Å²) in [4.78, 5) is 0.776. The first-order chi connectivity index (χ1) is 9.59. The topological polar surface area (TPSA) is 46.2 Å². The number of fused-ring (bicyclic) bond motifs is 1. The fourth-order valence-corrected chi connectivity index (χ4v) is 4.15. The molecule has 1 aliphatic rings. The van der Waals surface area contributed by atoms with Crippen LogP contribution < -0.4 is 5.32 Å². The van der Waals surface area contributed by atoms with Crippen LogP contribution in [0.25, 0.3) is 0 Å². The molecule has 2 aromatic carbocycles. The van der Waals surface area contributed by atoms with Gasteiger partial charge in [-0.1, -0.05) is 18.2 Å². The van der Waals surface area contributed by atoms with E-state index in [2.05, 4.69) is 5.32 Å². The number of sulfone groups is 1. The molecule has 0 fully saturated rings. The zero-order valence-electron chi connectivity index (χ0n) is 11.4. The van der Waals surface area contributed by atoms with Crippen molar-refractivity contribution in [1.29, 1.82) is 0 Å². The quantitative estimate of drug-likeness (QED) is 0.922. The summed E-state index contributed by atoms with van der Waals surface area (Å²) < 4.78 is 25.4. The Labute approximate surface area is 119 Å². The zero-order chi connectivity index (χ0) is 14.2. The third kappa shape index (κ3) is 2.20. The number of rotatable bonds is 2. The van der Waals surface area contributed by atoms with E-state index in [0.717, 1.165) is 36.2 Å². The van der Waals surface area contributed by atoms with E-state index in [-0.39, 0.29) is 0 Å². The Bertz CT molecular complexity index is 751. The molecule has 0 radical (unpaired) electrons. The normalized spacial score (nSPS) is 14.4. The van der Waals surface area contributed by atoms with Gasteiger partial charge in [0.1, 0.15) is 0 Å². The Hall–Kier alpha value is -1.81. The third-order valence-corrected chi connectivity index (χ3v) is 5.62. The van der Waals surface area contributed by atoms with Gasteiger partial charge in [-0.25, -0.2) is 8.42 Å². The Kier molecular flexibility index (Phi) is 3.26. The summed E-state index contributed by atoms with van der Waals surface area (Å²) in [6.45, 7) is 2.78. The molecule has 3 nitrogen and oxygen atoms in total. The van der Waals surface area contributed by atoms with Crippen molar-refractivity contribution in [3.8, 4) is 0 Å². The minimum Gasteiger partial charge on any atom is -0.385 e. The maximum absolute atomic E-state index is 12.7. The minimum atomic E-state index is -3.43. The highest BCUT2D eigenvalue weighted by Crippen LogP contribution is 2.29. The lowest BCUT2D eigenvalue weighted by Crippen LogP contribution is -2.13. The van der Waals surface area contributed by atoms with Gasteiger partial charge in [-0.15, -0.1) is 0 Å². The van der Waals surface area contributed by atoms with Crippen LogP contribution >= 0.6 is 0 Å². The fourth-order valence-electron chi connectivity index (χ4n) is 2.60. The van der Waals surface area contributed by atoms with Crippen LogP contribution in [0.2, 0.25) is 0 Å². The van der Waals surface area contributed by atoms with Crippen LogP contribution in [-0.2, 0) is 16.3 Å². The van der Waals surface area contributed by atoms with E-state index in [9.17, 15) is 8.42 Å². The fraction of sp³-hybridized carbons (Fsp3) is 0.250. The van der Waals surface area contributed by atoms with Crippen LogP contribution in [-0.4, -0.2) is 15.0 Å². The summed E-state index contributed by atoms with van der Waals surface area (Å²) in [7, 11) is -3.43. The van der Waals surface area contributed by atoms with Crippen molar-refractivity contribution in [2.24, 2.45) is 0 Å². The highest BCUT2D eigenvalue weighted by molar-refractivity contribution is 7.91. The van der Waals surface area contributed by atoms with E-state index in [1.54, 1.807) is 18.2 Å². The molecule has 3 rings (SSSR count). The van der Waals surface area contributed by atoms with E-state index in [0.29, 0.717) is 9.79 Å². The molecule has 0 amide bonds. The van der Waals surface area contributed by atoms with Gasteiger partial charge in [0.05, 0.1) is 9.79 Å². The third-order valence-electron chi connectivity index (χ3n) is 3.71. The number of nitrogens with one attached hydrogen (secondary N) is 1. The molecule has 1 heterocycles. The van der Waals surface area contributed by atoms with Gasteiger partial charge < -0.3 is 5.32 Å². The standard InChI is InChI=1S/C16H17NO2S/c1-12-5-2-3-7-16(12)20(18,19)14-8-9-15-13(11-14)6-4-10-17-15/h2-3,5,7-9,11,17H,4,6,10H2,1H3. The van der Waals surface area contributed by atoms with Crippen molar-refractivity contribution in [3.05, 3.63) is 53.6 Å². The lowest BCUT2D eigenvalue weighted by Gasteiger charge is -2.19. The first kappa shape index (κ1) is 13.2. The molecular formula is C16H17NO2S. The molecule has 0 unspecified atom stereocenters. The van der Waals surface area contributed by atoms with Gasteiger partial charge in [0.2, 0.25) is 9.84 Å². The molecule has 4 heteroatoms. The van der Waals surface area contributed by atoms with Gasteiger partial charge in [0, 0.05) is 12.2 Å². The molecule has 104 valence electrons. The Morgan fingerprint density at radius 1 is 1.10 bits per heavy atom. The Morgan fingerprint density at radius 3 is 2.70 bits per heavy atom. The number of benzene rings is 2. The van der Waals surface area contributed by atoms with Crippen LogP contribution in [0, 0.1) is 6.92 Å². The van der Waals surface area contributed by atoms with Crippen molar-refractivity contribution in [2.45, 2.75) is 29.6 Å². The number of anilines is 1. The summed E-state index contributed by atoms with van der Waals surface area (Å²) >= 11 is 0. The SMILES string of the molecule is Cc1ccccc1S(=O)(=O)c1ccc2c(c1)CCCN2. The molecule has 1 N–H and O–H groups in total. The molecule has 0 atom stereocenters. The molecule has 0 spiro atoms. The smallest absolute Gasteiger partial charge is 0.206 e. The summed E-state index contributed by atoms with van der Waals surface area (Å²) in [5.74, 6) is 0. The van der Waals surface area contributed by atoms with Crippen LogP contribution in [0.1, 0.15) is 17.5 Å². The van der Waals surface area contributed by atoms with E-state index in [1.165, 1.54) is 0 Å². The number of hydrogen-bond acceptors (Lipinski definition) is 3. The van der Waals surface area contributed by atoms with E-state index in [4.69, 9.17) is 0 Å². The maximum Gasteiger partial charge on any atom is 0.206 e. The van der Waals surface area contributed by atoms with Crippen molar-refractivity contribution in [1.82, 2.24) is 0 Å². The Balaban J connectivity index is 2.10. The molecule has 0 bridgehead atoms. The molecule has 2 aromatic rings. The lowest BCUT2D eigenvalue weighted by molar-refractivity contribution is 0.595. The molecular weight excluding hydrogens is 270 g/mol. The van der Waals surface area contributed by atoms with Gasteiger partial charge in [-0.2, -0.15) is 0 Å². The van der Waals surface area contributed by atoms with Crippen molar-refractivity contribution < 1.29 is 8.42 Å². The molecule has 0 aliphatic carbocycles. The van der Waals surface area contributed by atoms with Crippen molar-refractivity contribution in [3.63, 3.8) is 0 Å². The van der Waals surface area contributed by atoms with Gasteiger partial charge >= 0.3 is 0 Å². The summed E-state index contributed by atoms with van der Waals surface area (Å²) in [6, 6.07) is 12.5. The first-order valence-electron chi connectivity index (χ1n) is 6.76. The van der Waals surface area contributed by atoms with Crippen LogP contribution in [0.15, 0.2) is 52.3 Å². The highest BCUT2D eigenvalue weighted by Gasteiger charge is 2.21. The highest BCUT2D eigenvalue weighted by atomic mass is 32.2. The second-order valence-corrected chi connectivity index (χ2v) is 7.04. The first-order valence-corrected chi connectivity index (χ1v) is 8.25. The average Bonchev–Trinajstić information content (AvgIpc) is 2.47. The van der Waals surface area contributed by atoms with E-state index in [1.807, 2.05) is 31.2 Å². The second-order valence-electron chi connectivity index (χ2n) is 5.12. The summed E-state index contributed by atoms with van der Waals surface area (Å²) in [6.07, 6.45) is 1.97. The van der Waals surface area contributed by atoms with Crippen molar-refractivity contribution in [2.75, 3.05) is 11.9 Å². The van der Waals surface area contributed by atoms with Gasteiger partial charge in [0.25, 0.3) is 0 Å². The zero-order valence-corrected chi connectivity index (χ0v) is 12.2. The largest absolute Gasteiger partial charge is 0.385 e. The van der Waals surface area contributed by atoms with Crippen molar-refractivity contribution >= 4 is 15.5 Å². The molecule has 0 aromatic heterocycles. The molecule has 20 heavy (non-hydrogen) atoms. The van der Waals surface area contributed by atoms with Gasteiger partial charge in [-0.05, 0) is 55.2 Å². The number of hydrogen-bond donors (Lipinski definition) is 1. The van der Waals surface area contributed by atoms with Crippen LogP contribution in [0.4, 0.5) is 5.69 Å². The van der Waals surface area contributed by atoms with Gasteiger partial charge in [0.15, 0.2) is 0 Å². The molecule has 0 saturated heterocycles. The Morgan fingerprint density at radius 2 is 1.90 bits per heavy atom. The van der Waals surface area contributed by atoms with Crippen LogP contribution in [0.5, 0.6) is 0 Å².